The minimum atomic E-state index is -1.36. The Labute approximate surface area is 111 Å². The Hall–Kier alpha value is -2.76. The molecule has 0 fully saturated rings. The van der Waals surface area contributed by atoms with Gasteiger partial charge in [-0.2, -0.15) is 0 Å². The molecule has 20 heavy (non-hydrogen) atoms. The van der Waals surface area contributed by atoms with Crippen molar-refractivity contribution in [3.63, 3.8) is 0 Å². The number of carboxylic acid groups (broad SMARTS) is 2. The fourth-order valence-electron chi connectivity index (χ4n) is 1.85. The van der Waals surface area contributed by atoms with Crippen LogP contribution in [0.25, 0.3) is 11.1 Å². The maximum absolute atomic E-state index is 13.3. The molecule has 0 aliphatic rings. The van der Waals surface area contributed by atoms with Crippen LogP contribution in [-0.2, 0) is 0 Å². The second-order valence-electron chi connectivity index (χ2n) is 3.99. The summed E-state index contributed by atoms with van der Waals surface area (Å²) >= 11 is 0. The first-order valence-electron chi connectivity index (χ1n) is 5.46. The Bertz CT molecular complexity index is 649. The topological polar surface area (TPSA) is 74.6 Å². The number of carboxylic acids is 2. The van der Waals surface area contributed by atoms with E-state index in [0.717, 1.165) is 36.4 Å². The van der Waals surface area contributed by atoms with Crippen LogP contribution < -0.4 is 0 Å². The average Bonchev–Trinajstić information content (AvgIpc) is 2.37. The van der Waals surface area contributed by atoms with Crippen LogP contribution in [0.4, 0.5) is 8.78 Å². The van der Waals surface area contributed by atoms with Crippen LogP contribution in [0.3, 0.4) is 0 Å². The van der Waals surface area contributed by atoms with Crippen molar-refractivity contribution >= 4 is 11.9 Å². The molecule has 6 heteroatoms. The van der Waals surface area contributed by atoms with E-state index in [1.54, 1.807) is 0 Å². The van der Waals surface area contributed by atoms with Crippen LogP contribution in [-0.4, -0.2) is 22.2 Å². The first-order chi connectivity index (χ1) is 9.40. The van der Waals surface area contributed by atoms with E-state index < -0.39 is 23.6 Å². The predicted molar refractivity (Wildman–Crippen MR) is 65.7 cm³/mol. The van der Waals surface area contributed by atoms with E-state index >= 15 is 0 Å². The van der Waals surface area contributed by atoms with Gasteiger partial charge >= 0.3 is 11.9 Å². The van der Waals surface area contributed by atoms with Crippen LogP contribution in [0.5, 0.6) is 0 Å². The van der Waals surface area contributed by atoms with Crippen LogP contribution >= 0.6 is 0 Å². The first kappa shape index (κ1) is 13.7. The summed E-state index contributed by atoms with van der Waals surface area (Å²) in [5, 5.41) is 18.1. The van der Waals surface area contributed by atoms with Gasteiger partial charge in [0, 0.05) is 11.1 Å². The van der Waals surface area contributed by atoms with Crippen molar-refractivity contribution in [2.75, 3.05) is 0 Å². The molecule has 102 valence electrons. The molecule has 0 saturated heterocycles. The number of halogens is 2. The maximum atomic E-state index is 13.3. The molecule has 2 aromatic rings. The molecule has 4 nitrogen and oxygen atoms in total. The van der Waals surface area contributed by atoms with E-state index in [-0.39, 0.29) is 22.3 Å². The first-order valence-corrected chi connectivity index (χ1v) is 5.46. The molecule has 2 rings (SSSR count). The van der Waals surface area contributed by atoms with Gasteiger partial charge in [0.15, 0.2) is 0 Å². The summed E-state index contributed by atoms with van der Waals surface area (Å²) in [5.41, 5.74) is -0.984. The third-order valence-electron chi connectivity index (χ3n) is 2.71. The van der Waals surface area contributed by atoms with Crippen molar-refractivity contribution in [1.29, 1.82) is 0 Å². The van der Waals surface area contributed by atoms with Crippen molar-refractivity contribution in [2.45, 2.75) is 0 Å². The summed E-state index contributed by atoms with van der Waals surface area (Å²) in [6, 6.07) is 5.61. The van der Waals surface area contributed by atoms with E-state index in [4.69, 9.17) is 10.2 Å². The normalized spacial score (nSPS) is 10.3. The van der Waals surface area contributed by atoms with E-state index in [0.29, 0.717) is 0 Å². The molecule has 0 bridgehead atoms. The van der Waals surface area contributed by atoms with Gasteiger partial charge < -0.3 is 10.2 Å². The van der Waals surface area contributed by atoms with E-state index in [2.05, 4.69) is 0 Å². The summed E-state index contributed by atoms with van der Waals surface area (Å²) in [6.45, 7) is 0. The second-order valence-corrected chi connectivity index (χ2v) is 3.99. The van der Waals surface area contributed by atoms with Gasteiger partial charge in [-0.25, -0.2) is 18.4 Å². The third-order valence-corrected chi connectivity index (χ3v) is 2.71. The molecule has 0 aliphatic carbocycles. The predicted octanol–water partition coefficient (Wildman–Crippen LogP) is 3.03. The van der Waals surface area contributed by atoms with Crippen molar-refractivity contribution in [3.8, 4) is 11.1 Å². The highest BCUT2D eigenvalue weighted by atomic mass is 19.1. The van der Waals surface area contributed by atoms with Crippen molar-refractivity contribution in [2.24, 2.45) is 0 Å². The smallest absolute Gasteiger partial charge is 0.336 e. The van der Waals surface area contributed by atoms with Gasteiger partial charge in [0.05, 0.1) is 11.1 Å². The molecule has 0 saturated carbocycles. The lowest BCUT2D eigenvalue weighted by molar-refractivity contribution is 0.0684. The van der Waals surface area contributed by atoms with Gasteiger partial charge in [-0.3, -0.25) is 0 Å². The number of benzene rings is 2. The van der Waals surface area contributed by atoms with E-state index in [1.165, 1.54) is 0 Å². The third kappa shape index (κ3) is 2.49. The Kier molecular flexibility index (Phi) is 3.47. The van der Waals surface area contributed by atoms with Crippen LogP contribution in [0.1, 0.15) is 20.7 Å². The number of hydrogen-bond acceptors (Lipinski definition) is 2. The van der Waals surface area contributed by atoms with Crippen LogP contribution in [0, 0.1) is 11.6 Å². The Morgan fingerprint density at radius 2 is 1.10 bits per heavy atom. The fourth-order valence-corrected chi connectivity index (χ4v) is 1.85. The lowest BCUT2D eigenvalue weighted by Crippen LogP contribution is -2.05. The van der Waals surface area contributed by atoms with Gasteiger partial charge in [-0.1, -0.05) is 0 Å². The number of rotatable bonds is 3. The zero-order valence-corrected chi connectivity index (χ0v) is 9.93. The van der Waals surface area contributed by atoms with Gasteiger partial charge in [0.25, 0.3) is 0 Å². The maximum Gasteiger partial charge on any atom is 0.336 e. The summed E-state index contributed by atoms with van der Waals surface area (Å²) in [6.07, 6.45) is 0. The van der Waals surface area contributed by atoms with Gasteiger partial charge in [-0.05, 0) is 36.4 Å². The molecule has 0 aromatic heterocycles. The van der Waals surface area contributed by atoms with E-state index in [1.807, 2.05) is 0 Å². The Morgan fingerprint density at radius 1 is 0.750 bits per heavy atom. The summed E-state index contributed by atoms with van der Waals surface area (Å²) < 4.78 is 26.6. The lowest BCUT2D eigenvalue weighted by atomic mass is 9.95. The van der Waals surface area contributed by atoms with E-state index in [9.17, 15) is 18.4 Å². The molecule has 2 N–H and O–H groups in total. The molecule has 0 unspecified atom stereocenters. The van der Waals surface area contributed by atoms with Crippen molar-refractivity contribution in [3.05, 3.63) is 59.2 Å². The fraction of sp³-hybridized carbons (Fsp3) is 0. The molecule has 0 amide bonds. The lowest BCUT2D eigenvalue weighted by Gasteiger charge is -2.10. The zero-order valence-electron chi connectivity index (χ0n) is 9.93. The SMILES string of the molecule is O=C(O)c1ccc(F)cc1-c1cc(F)ccc1C(=O)O. The highest BCUT2D eigenvalue weighted by molar-refractivity contribution is 6.02. The largest absolute Gasteiger partial charge is 0.478 e. The van der Waals surface area contributed by atoms with Crippen LogP contribution in [0.15, 0.2) is 36.4 Å². The quantitative estimate of drug-likeness (QED) is 0.905. The summed E-state index contributed by atoms with van der Waals surface area (Å²) in [4.78, 5) is 22.2. The molecule has 0 aliphatic heterocycles. The number of hydrogen-bond donors (Lipinski definition) is 2. The summed E-state index contributed by atoms with van der Waals surface area (Å²) in [5.74, 6) is -4.21. The molecule has 0 spiro atoms. The highest BCUT2D eigenvalue weighted by Gasteiger charge is 2.19. The monoisotopic (exact) mass is 278 g/mol. The van der Waals surface area contributed by atoms with Crippen molar-refractivity contribution in [1.82, 2.24) is 0 Å². The number of carbonyl (C=O) groups is 2. The molecule has 0 atom stereocenters. The minimum absolute atomic E-state index is 0.186. The van der Waals surface area contributed by atoms with Gasteiger partial charge in [0.2, 0.25) is 0 Å². The van der Waals surface area contributed by atoms with Crippen LogP contribution in [0.2, 0.25) is 0 Å². The number of aromatic carboxylic acids is 2. The second kappa shape index (κ2) is 5.08. The standard InChI is InChI=1S/C14H8F2O4/c15-7-1-3-9(13(17)18)11(5-7)12-6-8(16)2-4-10(12)14(19)20/h1-6H,(H,17,18)(H,19,20). The van der Waals surface area contributed by atoms with Gasteiger partial charge in [0.1, 0.15) is 11.6 Å². The van der Waals surface area contributed by atoms with Crippen molar-refractivity contribution < 1.29 is 28.6 Å². The highest BCUT2D eigenvalue weighted by Crippen LogP contribution is 2.29. The van der Waals surface area contributed by atoms with Gasteiger partial charge in [-0.15, -0.1) is 0 Å². The Balaban J connectivity index is 2.79. The minimum Gasteiger partial charge on any atom is -0.478 e. The molecule has 0 heterocycles. The average molecular weight is 278 g/mol. The summed E-state index contributed by atoms with van der Waals surface area (Å²) in [7, 11) is 0. The zero-order chi connectivity index (χ0) is 14.9. The molecule has 0 radical (unpaired) electrons. The Morgan fingerprint density at radius 3 is 1.40 bits per heavy atom. The molecular formula is C14H8F2O4. The molecule has 2 aromatic carbocycles. The molecular weight excluding hydrogens is 270 g/mol.